The summed E-state index contributed by atoms with van der Waals surface area (Å²) in [5.41, 5.74) is 9.91. The maximum atomic E-state index is 12.5. The fourth-order valence-electron chi connectivity index (χ4n) is 2.51. The third-order valence-corrected chi connectivity index (χ3v) is 3.70. The van der Waals surface area contributed by atoms with Gasteiger partial charge in [0.2, 0.25) is 0 Å². The normalized spacial score (nSPS) is 16.6. The van der Waals surface area contributed by atoms with E-state index >= 15 is 0 Å². The summed E-state index contributed by atoms with van der Waals surface area (Å²) in [7, 11) is 0. The third kappa shape index (κ3) is 2.16. The molecule has 3 rings (SSSR count). The Kier molecular flexibility index (Phi) is 2.97. The smallest absolute Gasteiger partial charge is 0.193 e. The van der Waals surface area contributed by atoms with Crippen LogP contribution in [0.2, 0.25) is 0 Å². The van der Waals surface area contributed by atoms with Crippen LogP contribution in [0.25, 0.3) is 0 Å². The van der Waals surface area contributed by atoms with Gasteiger partial charge in [0.25, 0.3) is 0 Å². The van der Waals surface area contributed by atoms with E-state index in [1.54, 1.807) is 6.07 Å². The molecule has 0 saturated heterocycles. The van der Waals surface area contributed by atoms with Crippen molar-refractivity contribution in [2.75, 3.05) is 5.73 Å². The third-order valence-electron chi connectivity index (χ3n) is 3.70. The first-order valence-corrected chi connectivity index (χ1v) is 6.75. The van der Waals surface area contributed by atoms with E-state index in [2.05, 4.69) is 0 Å². The van der Waals surface area contributed by atoms with Gasteiger partial charge in [0.15, 0.2) is 5.78 Å². The Labute approximate surface area is 118 Å². The molecule has 3 heteroatoms. The molecule has 1 heterocycles. The summed E-state index contributed by atoms with van der Waals surface area (Å²) in [6.45, 7) is 3.96. The molecule has 0 aromatic heterocycles. The number of ether oxygens (including phenoxy) is 1. The van der Waals surface area contributed by atoms with Crippen molar-refractivity contribution in [1.82, 2.24) is 0 Å². The molecule has 0 radical (unpaired) electrons. The van der Waals surface area contributed by atoms with E-state index in [0.717, 1.165) is 23.3 Å². The molecule has 2 N–H and O–H groups in total. The van der Waals surface area contributed by atoms with E-state index in [0.29, 0.717) is 16.8 Å². The topological polar surface area (TPSA) is 52.3 Å². The van der Waals surface area contributed by atoms with E-state index in [1.165, 1.54) is 0 Å². The fraction of sp³-hybridized carbons (Fsp3) is 0.235. The Morgan fingerprint density at radius 3 is 2.65 bits per heavy atom. The van der Waals surface area contributed by atoms with E-state index in [-0.39, 0.29) is 11.9 Å². The van der Waals surface area contributed by atoms with E-state index in [9.17, 15) is 4.79 Å². The highest BCUT2D eigenvalue weighted by atomic mass is 16.5. The van der Waals surface area contributed by atoms with E-state index in [4.69, 9.17) is 10.5 Å². The molecule has 2 aromatic rings. The van der Waals surface area contributed by atoms with Gasteiger partial charge >= 0.3 is 0 Å². The fourth-order valence-corrected chi connectivity index (χ4v) is 2.51. The lowest BCUT2D eigenvalue weighted by molar-refractivity contribution is 0.103. The largest absolute Gasteiger partial charge is 0.490 e. The predicted octanol–water partition coefficient (Wildman–Crippen LogP) is 3.13. The van der Waals surface area contributed by atoms with Crippen molar-refractivity contribution in [2.24, 2.45) is 0 Å². The number of carbonyl (C=O) groups is 1. The van der Waals surface area contributed by atoms with Gasteiger partial charge in [0.05, 0.1) is 0 Å². The van der Waals surface area contributed by atoms with Crippen molar-refractivity contribution in [3.05, 3.63) is 58.7 Å². The molecular weight excluding hydrogens is 250 g/mol. The SMILES string of the molecule is Cc1ccc(C(=O)c2ccc3c(c2)CC(C)O3)cc1N. The number of benzene rings is 2. The summed E-state index contributed by atoms with van der Waals surface area (Å²) < 4.78 is 5.65. The van der Waals surface area contributed by atoms with Gasteiger partial charge in [-0.2, -0.15) is 0 Å². The van der Waals surface area contributed by atoms with Gasteiger partial charge in [-0.1, -0.05) is 12.1 Å². The molecule has 2 aromatic carbocycles. The van der Waals surface area contributed by atoms with Gasteiger partial charge in [-0.15, -0.1) is 0 Å². The number of anilines is 1. The Balaban J connectivity index is 1.95. The number of hydrogen-bond acceptors (Lipinski definition) is 3. The summed E-state index contributed by atoms with van der Waals surface area (Å²) in [6.07, 6.45) is 1.04. The van der Waals surface area contributed by atoms with Gasteiger partial charge in [-0.3, -0.25) is 4.79 Å². The first kappa shape index (κ1) is 12.7. The van der Waals surface area contributed by atoms with E-state index in [1.807, 2.05) is 44.2 Å². The second-order valence-electron chi connectivity index (χ2n) is 5.36. The maximum absolute atomic E-state index is 12.5. The molecule has 0 saturated carbocycles. The molecule has 1 atom stereocenters. The Morgan fingerprint density at radius 1 is 1.20 bits per heavy atom. The Hall–Kier alpha value is -2.29. The molecule has 0 aliphatic carbocycles. The lowest BCUT2D eigenvalue weighted by Crippen LogP contribution is -2.05. The van der Waals surface area contributed by atoms with Gasteiger partial charge in [0.1, 0.15) is 11.9 Å². The summed E-state index contributed by atoms with van der Waals surface area (Å²) in [4.78, 5) is 12.5. The number of aryl methyl sites for hydroxylation is 1. The van der Waals surface area contributed by atoms with Gasteiger partial charge in [0, 0.05) is 23.2 Å². The van der Waals surface area contributed by atoms with Crippen molar-refractivity contribution in [2.45, 2.75) is 26.4 Å². The highest BCUT2D eigenvalue weighted by molar-refractivity contribution is 6.09. The number of carbonyl (C=O) groups excluding carboxylic acids is 1. The number of fused-ring (bicyclic) bond motifs is 1. The predicted molar refractivity (Wildman–Crippen MR) is 79.3 cm³/mol. The first-order chi connectivity index (χ1) is 9.54. The standard InChI is InChI=1S/C17H17NO2/c1-10-3-4-13(9-15(10)18)17(19)12-5-6-16-14(8-12)7-11(2)20-16/h3-6,8-9,11H,7,18H2,1-2H3. The zero-order chi connectivity index (χ0) is 14.3. The van der Waals surface area contributed by atoms with Crippen LogP contribution < -0.4 is 10.5 Å². The number of ketones is 1. The second-order valence-corrected chi connectivity index (χ2v) is 5.36. The summed E-state index contributed by atoms with van der Waals surface area (Å²) in [6, 6.07) is 11.1. The summed E-state index contributed by atoms with van der Waals surface area (Å²) >= 11 is 0. The van der Waals surface area contributed by atoms with Crippen molar-refractivity contribution in [3.63, 3.8) is 0 Å². The second kappa shape index (κ2) is 4.67. The minimum Gasteiger partial charge on any atom is -0.490 e. The van der Waals surface area contributed by atoms with Crippen LogP contribution >= 0.6 is 0 Å². The zero-order valence-corrected chi connectivity index (χ0v) is 11.6. The van der Waals surface area contributed by atoms with Crippen molar-refractivity contribution in [3.8, 4) is 5.75 Å². The minimum absolute atomic E-state index is 0.000877. The van der Waals surface area contributed by atoms with Crippen LogP contribution in [0.4, 0.5) is 5.69 Å². The van der Waals surface area contributed by atoms with E-state index < -0.39 is 0 Å². The van der Waals surface area contributed by atoms with Gasteiger partial charge in [-0.05, 0) is 49.2 Å². The number of hydrogen-bond donors (Lipinski definition) is 1. The number of nitrogens with two attached hydrogens (primary N) is 1. The van der Waals surface area contributed by atoms with Crippen LogP contribution in [0.15, 0.2) is 36.4 Å². The molecule has 20 heavy (non-hydrogen) atoms. The average molecular weight is 267 g/mol. The highest BCUT2D eigenvalue weighted by Crippen LogP contribution is 2.30. The molecule has 1 unspecified atom stereocenters. The lowest BCUT2D eigenvalue weighted by Gasteiger charge is -2.06. The molecule has 1 aliphatic rings. The zero-order valence-electron chi connectivity index (χ0n) is 11.6. The molecule has 1 aliphatic heterocycles. The lowest BCUT2D eigenvalue weighted by atomic mass is 9.98. The highest BCUT2D eigenvalue weighted by Gasteiger charge is 2.20. The molecule has 0 fully saturated rings. The average Bonchev–Trinajstić information content (AvgIpc) is 2.80. The quantitative estimate of drug-likeness (QED) is 0.672. The van der Waals surface area contributed by atoms with Crippen molar-refractivity contribution < 1.29 is 9.53 Å². The number of nitrogen functional groups attached to an aromatic ring is 1. The molecule has 0 bridgehead atoms. The van der Waals surface area contributed by atoms with Crippen LogP contribution in [0, 0.1) is 6.92 Å². The van der Waals surface area contributed by atoms with Crippen molar-refractivity contribution >= 4 is 11.5 Å². The summed E-state index contributed by atoms with van der Waals surface area (Å²) in [5, 5.41) is 0. The van der Waals surface area contributed by atoms with Crippen LogP contribution in [-0.4, -0.2) is 11.9 Å². The van der Waals surface area contributed by atoms with Crippen molar-refractivity contribution in [1.29, 1.82) is 0 Å². The molecule has 3 nitrogen and oxygen atoms in total. The van der Waals surface area contributed by atoms with Gasteiger partial charge < -0.3 is 10.5 Å². The molecule has 0 spiro atoms. The van der Waals surface area contributed by atoms with Crippen LogP contribution in [0.5, 0.6) is 5.75 Å². The van der Waals surface area contributed by atoms with Gasteiger partial charge in [-0.25, -0.2) is 0 Å². The number of rotatable bonds is 2. The maximum Gasteiger partial charge on any atom is 0.193 e. The first-order valence-electron chi connectivity index (χ1n) is 6.75. The molecule has 0 amide bonds. The molecular formula is C17H17NO2. The van der Waals surface area contributed by atoms with Crippen LogP contribution in [0.1, 0.15) is 34.0 Å². The van der Waals surface area contributed by atoms with Crippen LogP contribution in [0.3, 0.4) is 0 Å². The Bertz CT molecular complexity index is 691. The minimum atomic E-state index is -0.000877. The monoisotopic (exact) mass is 267 g/mol. The Morgan fingerprint density at radius 2 is 1.90 bits per heavy atom. The summed E-state index contributed by atoms with van der Waals surface area (Å²) in [5.74, 6) is 0.886. The van der Waals surface area contributed by atoms with Crippen LogP contribution in [-0.2, 0) is 6.42 Å². The molecule has 102 valence electrons.